The number of hydrogen-bond acceptors (Lipinski definition) is 5. The van der Waals surface area contributed by atoms with Gasteiger partial charge in [0.05, 0.1) is 5.92 Å². The molecular formula is C21H35N3O4S. The van der Waals surface area contributed by atoms with Crippen LogP contribution in [0.4, 0.5) is 0 Å². The number of piperidine rings is 1. The maximum atomic E-state index is 13.5. The van der Waals surface area contributed by atoms with Gasteiger partial charge in [-0.1, -0.05) is 25.9 Å². The lowest BCUT2D eigenvalue weighted by Gasteiger charge is -2.38. The summed E-state index contributed by atoms with van der Waals surface area (Å²) in [6.45, 7) is 11.3. The van der Waals surface area contributed by atoms with E-state index in [0.29, 0.717) is 36.3 Å². The number of likely N-dealkylation sites (tertiary alicyclic amines) is 1. The number of carbonyl (C=O) groups is 1. The monoisotopic (exact) mass is 425 g/mol. The van der Waals surface area contributed by atoms with Crippen LogP contribution < -0.4 is 0 Å². The van der Waals surface area contributed by atoms with E-state index in [1.54, 1.807) is 13.8 Å². The number of aryl methyl sites for hydroxylation is 2. The molecule has 7 nitrogen and oxygen atoms in total. The Labute approximate surface area is 174 Å². The molecule has 3 atom stereocenters. The van der Waals surface area contributed by atoms with Crippen LogP contribution in [0.2, 0.25) is 0 Å². The summed E-state index contributed by atoms with van der Waals surface area (Å²) in [7, 11) is -3.72. The second-order valence-corrected chi connectivity index (χ2v) is 11.0. The molecule has 164 valence electrons. The average molecular weight is 426 g/mol. The lowest BCUT2D eigenvalue weighted by atomic mass is 9.93. The highest BCUT2D eigenvalue weighted by Crippen LogP contribution is 2.31. The minimum atomic E-state index is -3.72. The van der Waals surface area contributed by atoms with Gasteiger partial charge in [0.15, 0.2) is 5.76 Å². The van der Waals surface area contributed by atoms with E-state index in [2.05, 4.69) is 30.8 Å². The van der Waals surface area contributed by atoms with Gasteiger partial charge in [0.2, 0.25) is 15.9 Å². The standard InChI is InChI=1S/C21H35N3O4S/c1-14(2)19-9-8-15(3)10-12-24(19)21(25)18-7-6-11-23(13-18)29(26,27)20-16(4)22-28-17(20)5/h14-15,18-19H,6-13H2,1-5H3. The Bertz CT molecular complexity index is 813. The first-order valence-corrected chi connectivity index (χ1v) is 12.3. The summed E-state index contributed by atoms with van der Waals surface area (Å²) in [5.41, 5.74) is 0.373. The van der Waals surface area contributed by atoms with Crippen molar-refractivity contribution in [3.63, 3.8) is 0 Å². The van der Waals surface area contributed by atoms with Crippen LogP contribution in [-0.2, 0) is 14.8 Å². The molecule has 8 heteroatoms. The molecule has 2 aliphatic rings. The Balaban J connectivity index is 1.80. The van der Waals surface area contributed by atoms with E-state index >= 15 is 0 Å². The first-order chi connectivity index (χ1) is 13.6. The fourth-order valence-corrected chi connectivity index (χ4v) is 6.63. The van der Waals surface area contributed by atoms with E-state index in [1.807, 2.05) is 0 Å². The summed E-state index contributed by atoms with van der Waals surface area (Å²) >= 11 is 0. The van der Waals surface area contributed by atoms with E-state index in [9.17, 15) is 13.2 Å². The molecule has 0 spiro atoms. The van der Waals surface area contributed by atoms with Gasteiger partial charge < -0.3 is 9.42 Å². The van der Waals surface area contributed by atoms with E-state index in [1.165, 1.54) is 4.31 Å². The van der Waals surface area contributed by atoms with Crippen LogP contribution in [0.3, 0.4) is 0 Å². The highest BCUT2D eigenvalue weighted by Gasteiger charge is 2.39. The van der Waals surface area contributed by atoms with Crippen LogP contribution in [0, 0.1) is 31.6 Å². The predicted octanol–water partition coefficient (Wildman–Crippen LogP) is 3.37. The third-order valence-electron chi connectivity index (χ3n) is 6.57. The quantitative estimate of drug-likeness (QED) is 0.738. The van der Waals surface area contributed by atoms with E-state index in [0.717, 1.165) is 32.2 Å². The topological polar surface area (TPSA) is 83.7 Å². The molecule has 0 radical (unpaired) electrons. The molecule has 2 saturated heterocycles. The summed E-state index contributed by atoms with van der Waals surface area (Å²) in [4.78, 5) is 15.7. The first kappa shape index (κ1) is 22.3. The molecule has 0 aliphatic carbocycles. The molecule has 3 rings (SSSR count). The van der Waals surface area contributed by atoms with Crippen LogP contribution in [-0.4, -0.2) is 54.4 Å². The average Bonchev–Trinajstić information content (AvgIpc) is 2.89. The molecule has 0 aromatic carbocycles. The summed E-state index contributed by atoms with van der Waals surface area (Å²) in [6, 6.07) is 0.238. The van der Waals surface area contributed by atoms with Crippen molar-refractivity contribution in [3.05, 3.63) is 11.5 Å². The van der Waals surface area contributed by atoms with Crippen molar-refractivity contribution in [2.75, 3.05) is 19.6 Å². The molecule has 1 aromatic rings. The number of amides is 1. The molecule has 0 N–H and O–H groups in total. The van der Waals surface area contributed by atoms with Crippen molar-refractivity contribution in [3.8, 4) is 0 Å². The van der Waals surface area contributed by atoms with E-state index < -0.39 is 10.0 Å². The van der Waals surface area contributed by atoms with Crippen molar-refractivity contribution in [2.45, 2.75) is 77.7 Å². The Kier molecular flexibility index (Phi) is 6.73. The van der Waals surface area contributed by atoms with E-state index in [4.69, 9.17) is 4.52 Å². The summed E-state index contributed by atoms with van der Waals surface area (Å²) < 4.78 is 32.9. The van der Waals surface area contributed by atoms with Crippen molar-refractivity contribution in [2.24, 2.45) is 17.8 Å². The van der Waals surface area contributed by atoms with E-state index in [-0.39, 0.29) is 29.3 Å². The van der Waals surface area contributed by atoms with Gasteiger partial charge in [-0.3, -0.25) is 4.79 Å². The summed E-state index contributed by atoms with van der Waals surface area (Å²) in [6.07, 6.45) is 4.61. The SMILES string of the molecule is Cc1noc(C)c1S(=O)(=O)N1CCCC(C(=O)N2CCC(C)CCC2C(C)C)C1. The minimum Gasteiger partial charge on any atom is -0.360 e. The van der Waals surface area contributed by atoms with Gasteiger partial charge in [0.1, 0.15) is 10.6 Å². The van der Waals surface area contributed by atoms with Crippen molar-refractivity contribution >= 4 is 15.9 Å². The molecule has 0 saturated carbocycles. The van der Waals surface area contributed by atoms with Gasteiger partial charge >= 0.3 is 0 Å². The third kappa shape index (κ3) is 4.53. The minimum absolute atomic E-state index is 0.122. The largest absolute Gasteiger partial charge is 0.360 e. The fraction of sp³-hybridized carbons (Fsp3) is 0.810. The van der Waals surface area contributed by atoms with Crippen molar-refractivity contribution in [1.82, 2.24) is 14.4 Å². The number of rotatable bonds is 4. The first-order valence-electron chi connectivity index (χ1n) is 10.9. The normalized spacial score (nSPS) is 27.2. The zero-order valence-corrected chi connectivity index (χ0v) is 19.2. The fourth-order valence-electron chi connectivity index (χ4n) is 4.82. The van der Waals surface area contributed by atoms with Gasteiger partial charge in [-0.2, -0.15) is 4.31 Å². The lowest BCUT2D eigenvalue weighted by Crippen LogP contribution is -2.50. The van der Waals surface area contributed by atoms with Crippen LogP contribution >= 0.6 is 0 Å². The Hall–Kier alpha value is -1.41. The summed E-state index contributed by atoms with van der Waals surface area (Å²) in [5, 5.41) is 3.80. The molecular weight excluding hydrogens is 390 g/mol. The van der Waals surface area contributed by atoms with Gasteiger partial charge in [0.25, 0.3) is 0 Å². The van der Waals surface area contributed by atoms with Crippen LogP contribution in [0.5, 0.6) is 0 Å². The van der Waals surface area contributed by atoms with Gasteiger partial charge in [-0.15, -0.1) is 0 Å². The second-order valence-electron chi connectivity index (χ2n) is 9.17. The van der Waals surface area contributed by atoms with Crippen LogP contribution in [0.15, 0.2) is 9.42 Å². The number of carbonyl (C=O) groups excluding carboxylic acids is 1. The highest BCUT2D eigenvalue weighted by molar-refractivity contribution is 7.89. The predicted molar refractivity (Wildman–Crippen MR) is 111 cm³/mol. The Morgan fingerprint density at radius 2 is 1.86 bits per heavy atom. The van der Waals surface area contributed by atoms with Crippen LogP contribution in [0.1, 0.15) is 64.3 Å². The molecule has 1 aromatic heterocycles. The zero-order valence-electron chi connectivity index (χ0n) is 18.3. The Morgan fingerprint density at radius 1 is 1.14 bits per heavy atom. The smallest absolute Gasteiger partial charge is 0.248 e. The number of aromatic nitrogens is 1. The molecule has 3 unspecified atom stereocenters. The number of hydrogen-bond donors (Lipinski definition) is 0. The molecule has 2 aliphatic heterocycles. The molecule has 0 bridgehead atoms. The Morgan fingerprint density at radius 3 is 2.48 bits per heavy atom. The number of nitrogens with zero attached hydrogens (tertiary/aromatic N) is 3. The molecule has 1 amide bonds. The second kappa shape index (κ2) is 8.76. The van der Waals surface area contributed by atoms with Crippen molar-refractivity contribution in [1.29, 1.82) is 0 Å². The third-order valence-corrected chi connectivity index (χ3v) is 8.68. The maximum Gasteiger partial charge on any atom is 0.248 e. The van der Waals surface area contributed by atoms with Gasteiger partial charge in [-0.05, 0) is 57.8 Å². The molecule has 2 fully saturated rings. The van der Waals surface area contributed by atoms with Gasteiger partial charge in [0, 0.05) is 25.7 Å². The maximum absolute atomic E-state index is 13.5. The van der Waals surface area contributed by atoms with Crippen LogP contribution in [0.25, 0.3) is 0 Å². The van der Waals surface area contributed by atoms with Crippen molar-refractivity contribution < 1.29 is 17.7 Å². The lowest BCUT2D eigenvalue weighted by molar-refractivity contribution is -0.140. The number of sulfonamides is 1. The summed E-state index contributed by atoms with van der Waals surface area (Å²) in [5.74, 6) is 1.16. The zero-order chi connectivity index (χ0) is 21.3. The molecule has 3 heterocycles. The van der Waals surface area contributed by atoms with Gasteiger partial charge in [-0.25, -0.2) is 8.42 Å². The highest BCUT2D eigenvalue weighted by atomic mass is 32.2. The molecule has 29 heavy (non-hydrogen) atoms.